The van der Waals surface area contributed by atoms with E-state index in [2.05, 4.69) is 6.58 Å². The van der Waals surface area contributed by atoms with Crippen LogP contribution in [0.4, 0.5) is 0 Å². The van der Waals surface area contributed by atoms with E-state index < -0.39 is 0 Å². The summed E-state index contributed by atoms with van der Waals surface area (Å²) < 4.78 is 16.0. The highest BCUT2D eigenvalue weighted by atomic mass is 16.7. The third-order valence-corrected chi connectivity index (χ3v) is 2.94. The molecule has 0 radical (unpaired) electrons. The van der Waals surface area contributed by atoms with Crippen LogP contribution >= 0.6 is 0 Å². The molecule has 0 bridgehead atoms. The van der Waals surface area contributed by atoms with Crippen molar-refractivity contribution < 1.29 is 19.0 Å². The maximum absolute atomic E-state index is 11.0. The SMILES string of the molecule is C=C(CCC1OCCCO1)[C@H]1CCC(=O)O1. The summed E-state index contributed by atoms with van der Waals surface area (Å²) in [4.78, 5) is 11.0. The molecule has 0 saturated carbocycles. The van der Waals surface area contributed by atoms with Gasteiger partial charge < -0.3 is 14.2 Å². The Morgan fingerprint density at radius 3 is 2.75 bits per heavy atom. The zero-order valence-electron chi connectivity index (χ0n) is 9.44. The molecular formula is C12H18O4. The van der Waals surface area contributed by atoms with E-state index in [0.29, 0.717) is 6.42 Å². The summed E-state index contributed by atoms with van der Waals surface area (Å²) in [6, 6.07) is 0. The maximum atomic E-state index is 11.0. The summed E-state index contributed by atoms with van der Waals surface area (Å²) >= 11 is 0. The summed E-state index contributed by atoms with van der Waals surface area (Å²) in [5.41, 5.74) is 0.976. The third-order valence-electron chi connectivity index (χ3n) is 2.94. The van der Waals surface area contributed by atoms with E-state index in [4.69, 9.17) is 14.2 Å². The van der Waals surface area contributed by atoms with Gasteiger partial charge in [0, 0.05) is 12.8 Å². The van der Waals surface area contributed by atoms with Gasteiger partial charge >= 0.3 is 5.97 Å². The van der Waals surface area contributed by atoms with E-state index in [9.17, 15) is 4.79 Å². The molecule has 0 N–H and O–H groups in total. The van der Waals surface area contributed by atoms with E-state index in [1.54, 1.807) is 0 Å². The molecule has 90 valence electrons. The van der Waals surface area contributed by atoms with E-state index in [1.807, 2.05) is 0 Å². The van der Waals surface area contributed by atoms with Gasteiger partial charge in [-0.1, -0.05) is 6.58 Å². The van der Waals surface area contributed by atoms with Gasteiger partial charge in [0.2, 0.25) is 0 Å². The molecule has 0 aliphatic carbocycles. The zero-order valence-corrected chi connectivity index (χ0v) is 9.44. The fraction of sp³-hybridized carbons (Fsp3) is 0.750. The van der Waals surface area contributed by atoms with E-state index >= 15 is 0 Å². The Labute approximate surface area is 95.6 Å². The fourth-order valence-corrected chi connectivity index (χ4v) is 1.98. The Hall–Kier alpha value is -0.870. The molecule has 1 atom stereocenters. The lowest BCUT2D eigenvalue weighted by atomic mass is 10.0. The molecule has 0 aromatic rings. The summed E-state index contributed by atoms with van der Waals surface area (Å²) in [5.74, 6) is -0.115. The van der Waals surface area contributed by atoms with Gasteiger partial charge in [0.05, 0.1) is 13.2 Å². The van der Waals surface area contributed by atoms with Crippen molar-refractivity contribution in [3.05, 3.63) is 12.2 Å². The number of esters is 1. The predicted octanol–water partition coefficient (Wildman–Crippen LogP) is 1.79. The fourth-order valence-electron chi connectivity index (χ4n) is 1.98. The van der Waals surface area contributed by atoms with Crippen LogP contribution in [0.25, 0.3) is 0 Å². The Morgan fingerprint density at radius 2 is 2.12 bits per heavy atom. The predicted molar refractivity (Wildman–Crippen MR) is 57.8 cm³/mol. The highest BCUT2D eigenvalue weighted by Gasteiger charge is 2.26. The second-order valence-corrected chi connectivity index (χ2v) is 4.24. The highest BCUT2D eigenvalue weighted by molar-refractivity contribution is 5.72. The second-order valence-electron chi connectivity index (χ2n) is 4.24. The minimum absolute atomic E-state index is 0.0870. The topological polar surface area (TPSA) is 44.8 Å². The molecule has 2 aliphatic rings. The molecule has 2 rings (SSSR count). The normalized spacial score (nSPS) is 26.8. The Bertz CT molecular complexity index is 268. The molecule has 2 saturated heterocycles. The van der Waals surface area contributed by atoms with Gasteiger partial charge in [-0.2, -0.15) is 0 Å². The summed E-state index contributed by atoms with van der Waals surface area (Å²) in [6.07, 6.45) is 3.65. The van der Waals surface area contributed by atoms with Crippen LogP contribution in [0, 0.1) is 0 Å². The average molecular weight is 226 g/mol. The number of carbonyl (C=O) groups is 1. The van der Waals surface area contributed by atoms with Crippen LogP contribution in [0.2, 0.25) is 0 Å². The minimum atomic E-state index is -0.115. The van der Waals surface area contributed by atoms with Crippen molar-refractivity contribution in [2.45, 2.75) is 44.5 Å². The standard InChI is InChI=1S/C12H18O4/c1-9(10-4-5-11(13)16-10)3-6-12-14-7-2-8-15-12/h10,12H,1-8H2/t10-/m1/s1. The number of ether oxygens (including phenoxy) is 3. The number of hydrogen-bond donors (Lipinski definition) is 0. The van der Waals surface area contributed by atoms with Crippen LogP contribution in [-0.2, 0) is 19.0 Å². The monoisotopic (exact) mass is 226 g/mol. The van der Waals surface area contributed by atoms with Crippen LogP contribution in [0.5, 0.6) is 0 Å². The van der Waals surface area contributed by atoms with Gasteiger partial charge in [-0.25, -0.2) is 0 Å². The van der Waals surface area contributed by atoms with Gasteiger partial charge in [0.1, 0.15) is 6.10 Å². The first-order chi connectivity index (χ1) is 7.75. The second kappa shape index (κ2) is 5.46. The largest absolute Gasteiger partial charge is 0.458 e. The van der Waals surface area contributed by atoms with Crippen LogP contribution in [0.15, 0.2) is 12.2 Å². The Kier molecular flexibility index (Phi) is 3.96. The van der Waals surface area contributed by atoms with Gasteiger partial charge in [-0.15, -0.1) is 0 Å². The third kappa shape index (κ3) is 3.06. The summed E-state index contributed by atoms with van der Waals surface area (Å²) in [7, 11) is 0. The Morgan fingerprint density at radius 1 is 1.38 bits per heavy atom. The first-order valence-electron chi connectivity index (χ1n) is 5.86. The van der Waals surface area contributed by atoms with Crippen LogP contribution < -0.4 is 0 Å². The van der Waals surface area contributed by atoms with Crippen molar-refractivity contribution >= 4 is 5.97 Å². The number of rotatable bonds is 4. The number of cyclic esters (lactones) is 1. The van der Waals surface area contributed by atoms with Crippen LogP contribution in [0.3, 0.4) is 0 Å². The Balaban J connectivity index is 1.68. The molecule has 4 nitrogen and oxygen atoms in total. The maximum Gasteiger partial charge on any atom is 0.306 e. The smallest absolute Gasteiger partial charge is 0.306 e. The molecule has 0 aromatic carbocycles. The van der Waals surface area contributed by atoms with E-state index in [1.165, 1.54) is 0 Å². The quantitative estimate of drug-likeness (QED) is 0.541. The van der Waals surface area contributed by atoms with E-state index in [0.717, 1.165) is 44.5 Å². The van der Waals surface area contributed by atoms with Crippen molar-refractivity contribution in [3.63, 3.8) is 0 Å². The summed E-state index contributed by atoms with van der Waals surface area (Å²) in [5, 5.41) is 0. The van der Waals surface area contributed by atoms with Crippen LogP contribution in [-0.4, -0.2) is 31.6 Å². The average Bonchev–Trinajstić information content (AvgIpc) is 2.74. The lowest BCUT2D eigenvalue weighted by Gasteiger charge is -2.24. The first kappa shape index (κ1) is 11.6. The molecule has 16 heavy (non-hydrogen) atoms. The molecule has 4 heteroatoms. The van der Waals surface area contributed by atoms with Crippen LogP contribution in [0.1, 0.15) is 32.1 Å². The van der Waals surface area contributed by atoms with Gasteiger partial charge in [0.15, 0.2) is 6.29 Å². The number of carbonyl (C=O) groups excluding carboxylic acids is 1. The van der Waals surface area contributed by atoms with Gasteiger partial charge in [-0.3, -0.25) is 4.79 Å². The lowest BCUT2D eigenvalue weighted by Crippen LogP contribution is -2.25. The van der Waals surface area contributed by atoms with Crippen molar-refractivity contribution in [1.82, 2.24) is 0 Å². The van der Waals surface area contributed by atoms with Gasteiger partial charge in [0.25, 0.3) is 0 Å². The molecule has 2 heterocycles. The first-order valence-corrected chi connectivity index (χ1v) is 5.86. The van der Waals surface area contributed by atoms with Crippen molar-refractivity contribution in [3.8, 4) is 0 Å². The van der Waals surface area contributed by atoms with Gasteiger partial charge in [-0.05, 0) is 24.8 Å². The molecule has 0 unspecified atom stereocenters. The number of hydrogen-bond acceptors (Lipinski definition) is 4. The van der Waals surface area contributed by atoms with Crippen molar-refractivity contribution in [1.29, 1.82) is 0 Å². The lowest BCUT2D eigenvalue weighted by molar-refractivity contribution is -0.180. The molecule has 2 aliphatic heterocycles. The van der Waals surface area contributed by atoms with E-state index in [-0.39, 0.29) is 18.4 Å². The van der Waals surface area contributed by atoms with Crippen molar-refractivity contribution in [2.75, 3.05) is 13.2 Å². The molecule has 0 aromatic heterocycles. The summed E-state index contributed by atoms with van der Waals surface area (Å²) in [6.45, 7) is 5.51. The zero-order chi connectivity index (χ0) is 11.4. The molecule has 0 spiro atoms. The molecule has 2 fully saturated rings. The highest BCUT2D eigenvalue weighted by Crippen LogP contribution is 2.24. The molecule has 0 amide bonds. The van der Waals surface area contributed by atoms with Crippen molar-refractivity contribution in [2.24, 2.45) is 0 Å². The minimum Gasteiger partial charge on any atom is -0.458 e. The molecular weight excluding hydrogens is 208 g/mol.